The van der Waals surface area contributed by atoms with E-state index in [0.717, 1.165) is 0 Å². The Balaban J connectivity index is 1.66. The molecule has 0 fully saturated rings. The number of amides is 2. The lowest BCUT2D eigenvalue weighted by Crippen LogP contribution is -2.35. The van der Waals surface area contributed by atoms with Gasteiger partial charge in [-0.25, -0.2) is 9.07 Å². The van der Waals surface area contributed by atoms with Gasteiger partial charge in [-0.2, -0.15) is 5.10 Å². The standard InChI is InChI=1S/C20H16ClFN4O3/c1-29-13-6-7-15(21)16(8-13)24-20(28)17-9-18(27)25-19-14(10-23-26(17)19)11-2-4-12(22)5-3-11/h2-8,10,17H,9H2,1H3,(H,24,28)(H,25,27)/t17-/m1/s1. The number of nitrogens with one attached hydrogen (secondary N) is 2. The molecule has 1 atom stereocenters. The van der Waals surface area contributed by atoms with Crippen molar-refractivity contribution < 1.29 is 18.7 Å². The Morgan fingerprint density at radius 3 is 2.79 bits per heavy atom. The normalized spacial score (nSPS) is 15.4. The number of methoxy groups -OCH3 is 1. The fourth-order valence-electron chi connectivity index (χ4n) is 3.16. The van der Waals surface area contributed by atoms with Gasteiger partial charge < -0.3 is 15.4 Å². The molecule has 4 rings (SSSR count). The third-order valence-corrected chi connectivity index (χ3v) is 4.95. The zero-order chi connectivity index (χ0) is 20.5. The van der Waals surface area contributed by atoms with Gasteiger partial charge in [0.2, 0.25) is 11.8 Å². The Labute approximate surface area is 170 Å². The van der Waals surface area contributed by atoms with E-state index in [1.54, 1.807) is 30.3 Å². The van der Waals surface area contributed by atoms with Crippen LogP contribution in [0.4, 0.5) is 15.9 Å². The molecule has 1 aromatic heterocycles. The predicted molar refractivity (Wildman–Crippen MR) is 107 cm³/mol. The summed E-state index contributed by atoms with van der Waals surface area (Å²) < 4.78 is 19.8. The Morgan fingerprint density at radius 1 is 1.31 bits per heavy atom. The molecule has 0 unspecified atom stereocenters. The van der Waals surface area contributed by atoms with E-state index in [2.05, 4.69) is 15.7 Å². The number of ether oxygens (including phenoxy) is 1. The van der Waals surface area contributed by atoms with Crippen molar-refractivity contribution >= 4 is 34.9 Å². The third-order valence-electron chi connectivity index (χ3n) is 4.62. The first kappa shape index (κ1) is 18.9. The molecule has 1 aliphatic heterocycles. The second kappa shape index (κ2) is 7.56. The minimum absolute atomic E-state index is 0.0784. The molecular weight excluding hydrogens is 399 g/mol. The van der Waals surface area contributed by atoms with E-state index in [0.29, 0.717) is 33.4 Å². The van der Waals surface area contributed by atoms with Crippen LogP contribution in [0.5, 0.6) is 5.75 Å². The molecule has 148 valence electrons. The number of carbonyl (C=O) groups is 2. The van der Waals surface area contributed by atoms with E-state index in [-0.39, 0.29) is 18.1 Å². The summed E-state index contributed by atoms with van der Waals surface area (Å²) in [5.41, 5.74) is 1.63. The SMILES string of the molecule is COc1ccc(Cl)c(NC(=O)[C@H]2CC(=O)Nc3c(-c4ccc(F)cc4)cnn32)c1. The zero-order valence-corrected chi connectivity index (χ0v) is 16.0. The Bertz CT molecular complexity index is 1100. The lowest BCUT2D eigenvalue weighted by atomic mass is 10.1. The highest BCUT2D eigenvalue weighted by Gasteiger charge is 2.33. The van der Waals surface area contributed by atoms with Crippen LogP contribution >= 0.6 is 11.6 Å². The predicted octanol–water partition coefficient (Wildman–Crippen LogP) is 3.87. The maximum absolute atomic E-state index is 13.2. The highest BCUT2D eigenvalue weighted by atomic mass is 35.5. The number of fused-ring (bicyclic) bond motifs is 1. The molecule has 0 saturated heterocycles. The second-order valence-electron chi connectivity index (χ2n) is 6.46. The molecule has 0 saturated carbocycles. The molecule has 0 spiro atoms. The van der Waals surface area contributed by atoms with Gasteiger partial charge in [0, 0.05) is 11.6 Å². The van der Waals surface area contributed by atoms with Gasteiger partial charge in [-0.3, -0.25) is 9.59 Å². The summed E-state index contributed by atoms with van der Waals surface area (Å²) in [6.45, 7) is 0. The molecule has 2 aromatic carbocycles. The second-order valence-corrected chi connectivity index (χ2v) is 6.87. The molecule has 2 N–H and O–H groups in total. The van der Waals surface area contributed by atoms with E-state index in [1.165, 1.54) is 30.1 Å². The van der Waals surface area contributed by atoms with E-state index < -0.39 is 11.9 Å². The van der Waals surface area contributed by atoms with Gasteiger partial charge >= 0.3 is 0 Å². The van der Waals surface area contributed by atoms with Gasteiger partial charge in [-0.15, -0.1) is 0 Å². The van der Waals surface area contributed by atoms with Crippen LogP contribution in [-0.2, 0) is 9.59 Å². The third kappa shape index (κ3) is 3.66. The van der Waals surface area contributed by atoms with Gasteiger partial charge in [0.25, 0.3) is 0 Å². The minimum Gasteiger partial charge on any atom is -0.497 e. The fraction of sp³-hybridized carbons (Fsp3) is 0.150. The van der Waals surface area contributed by atoms with Gasteiger partial charge in [-0.1, -0.05) is 23.7 Å². The molecule has 0 bridgehead atoms. The number of benzene rings is 2. The van der Waals surface area contributed by atoms with Crippen molar-refractivity contribution in [3.8, 4) is 16.9 Å². The zero-order valence-electron chi connectivity index (χ0n) is 15.3. The average Bonchev–Trinajstić information content (AvgIpc) is 3.13. The van der Waals surface area contributed by atoms with Crippen LogP contribution in [0.2, 0.25) is 5.02 Å². The number of halogens is 2. The van der Waals surface area contributed by atoms with Crippen molar-refractivity contribution in [2.75, 3.05) is 17.7 Å². The first-order chi connectivity index (χ1) is 14.0. The van der Waals surface area contributed by atoms with E-state index in [4.69, 9.17) is 16.3 Å². The maximum Gasteiger partial charge on any atom is 0.249 e. The average molecular weight is 415 g/mol. The number of nitrogens with zero attached hydrogens (tertiary/aromatic N) is 2. The van der Waals surface area contributed by atoms with Crippen LogP contribution in [0.25, 0.3) is 11.1 Å². The van der Waals surface area contributed by atoms with Crippen molar-refractivity contribution in [3.05, 3.63) is 59.5 Å². The van der Waals surface area contributed by atoms with Crippen LogP contribution in [0.3, 0.4) is 0 Å². The Morgan fingerprint density at radius 2 is 2.07 bits per heavy atom. The van der Waals surface area contributed by atoms with Crippen molar-refractivity contribution in [3.63, 3.8) is 0 Å². The summed E-state index contributed by atoms with van der Waals surface area (Å²) in [4.78, 5) is 25.2. The van der Waals surface area contributed by atoms with Gasteiger partial charge in [0.15, 0.2) is 0 Å². The van der Waals surface area contributed by atoms with Crippen LogP contribution in [0.15, 0.2) is 48.7 Å². The molecule has 0 aliphatic carbocycles. The molecule has 29 heavy (non-hydrogen) atoms. The number of hydrogen-bond donors (Lipinski definition) is 2. The van der Waals surface area contributed by atoms with Gasteiger partial charge in [-0.05, 0) is 29.8 Å². The van der Waals surface area contributed by atoms with Crippen LogP contribution in [0, 0.1) is 5.82 Å². The number of anilines is 2. The molecule has 2 heterocycles. The number of carbonyl (C=O) groups excluding carboxylic acids is 2. The highest BCUT2D eigenvalue weighted by molar-refractivity contribution is 6.33. The summed E-state index contributed by atoms with van der Waals surface area (Å²) in [6.07, 6.45) is 1.46. The topological polar surface area (TPSA) is 85.2 Å². The van der Waals surface area contributed by atoms with Crippen molar-refractivity contribution in [1.82, 2.24) is 9.78 Å². The lowest BCUT2D eigenvalue weighted by molar-refractivity contribution is -0.125. The van der Waals surface area contributed by atoms with E-state index in [1.807, 2.05) is 0 Å². The molecule has 0 radical (unpaired) electrons. The van der Waals surface area contributed by atoms with Crippen molar-refractivity contribution in [1.29, 1.82) is 0 Å². The summed E-state index contributed by atoms with van der Waals surface area (Å²) in [5, 5.41) is 10.1. The number of aromatic nitrogens is 2. The number of rotatable bonds is 4. The quantitative estimate of drug-likeness (QED) is 0.678. The van der Waals surface area contributed by atoms with Crippen molar-refractivity contribution in [2.24, 2.45) is 0 Å². The van der Waals surface area contributed by atoms with Crippen LogP contribution in [-0.4, -0.2) is 28.7 Å². The van der Waals surface area contributed by atoms with Crippen LogP contribution in [0.1, 0.15) is 12.5 Å². The summed E-state index contributed by atoms with van der Waals surface area (Å²) >= 11 is 6.16. The molecule has 1 aliphatic rings. The Hall–Kier alpha value is -3.39. The number of hydrogen-bond acceptors (Lipinski definition) is 4. The first-order valence-electron chi connectivity index (χ1n) is 8.74. The Kier molecular flexibility index (Phi) is 4.94. The summed E-state index contributed by atoms with van der Waals surface area (Å²) in [7, 11) is 1.51. The van der Waals surface area contributed by atoms with E-state index >= 15 is 0 Å². The first-order valence-corrected chi connectivity index (χ1v) is 9.12. The highest BCUT2D eigenvalue weighted by Crippen LogP contribution is 2.35. The maximum atomic E-state index is 13.2. The fourth-order valence-corrected chi connectivity index (χ4v) is 3.32. The minimum atomic E-state index is -0.866. The van der Waals surface area contributed by atoms with E-state index in [9.17, 15) is 14.0 Å². The van der Waals surface area contributed by atoms with Crippen molar-refractivity contribution in [2.45, 2.75) is 12.5 Å². The molecule has 9 heteroatoms. The lowest BCUT2D eigenvalue weighted by Gasteiger charge is -2.25. The summed E-state index contributed by atoms with van der Waals surface area (Å²) in [5.74, 6) is -0.219. The monoisotopic (exact) mass is 414 g/mol. The molecule has 3 aromatic rings. The van der Waals surface area contributed by atoms with Crippen LogP contribution < -0.4 is 15.4 Å². The smallest absolute Gasteiger partial charge is 0.249 e. The van der Waals surface area contributed by atoms with Gasteiger partial charge in [0.05, 0.1) is 30.4 Å². The molecular formula is C20H16ClFN4O3. The molecule has 2 amide bonds. The van der Waals surface area contributed by atoms with Gasteiger partial charge in [0.1, 0.15) is 23.4 Å². The summed E-state index contributed by atoms with van der Waals surface area (Å²) in [6, 6.07) is 9.81. The molecule has 7 nitrogen and oxygen atoms in total. The largest absolute Gasteiger partial charge is 0.497 e.